The van der Waals surface area contributed by atoms with Crippen molar-refractivity contribution in [1.82, 2.24) is 0 Å². The molecule has 3 fully saturated rings. The zero-order chi connectivity index (χ0) is 14.8. The van der Waals surface area contributed by atoms with Gasteiger partial charge in [0.1, 0.15) is 0 Å². The summed E-state index contributed by atoms with van der Waals surface area (Å²) < 4.78 is 0. The normalized spacial score (nSPS) is 49.2. The van der Waals surface area contributed by atoms with Gasteiger partial charge in [0.25, 0.3) is 0 Å². The summed E-state index contributed by atoms with van der Waals surface area (Å²) in [7, 11) is 0. The first-order valence-corrected chi connectivity index (χ1v) is 8.30. The summed E-state index contributed by atoms with van der Waals surface area (Å²) >= 11 is 0. The molecule has 4 nitrogen and oxygen atoms in total. The molecular weight excluding hydrogens is 264 g/mol. The molecule has 0 radical (unpaired) electrons. The van der Waals surface area contributed by atoms with E-state index in [4.69, 9.17) is 11.5 Å². The maximum absolute atomic E-state index is 12.2. The number of hydrogen-bond acceptors (Lipinski definition) is 4. The van der Waals surface area contributed by atoms with Crippen molar-refractivity contribution in [1.29, 1.82) is 0 Å². The van der Waals surface area contributed by atoms with Gasteiger partial charge in [0.15, 0.2) is 11.6 Å². The van der Waals surface area contributed by atoms with Gasteiger partial charge in [-0.15, -0.1) is 0 Å². The average molecular weight is 288 g/mol. The van der Waals surface area contributed by atoms with Gasteiger partial charge in [0.05, 0.1) is 5.54 Å². The fourth-order valence-electron chi connectivity index (χ4n) is 5.78. The molecule has 4 aliphatic carbocycles. The van der Waals surface area contributed by atoms with Crippen molar-refractivity contribution in [3.05, 3.63) is 11.6 Å². The molecule has 21 heavy (non-hydrogen) atoms. The predicted molar refractivity (Wildman–Crippen MR) is 79.3 cm³/mol. The van der Waals surface area contributed by atoms with Gasteiger partial charge in [-0.3, -0.25) is 9.59 Å². The van der Waals surface area contributed by atoms with E-state index in [1.807, 2.05) is 6.08 Å². The minimum atomic E-state index is -0.580. The van der Waals surface area contributed by atoms with Crippen molar-refractivity contribution in [2.24, 2.45) is 29.2 Å². The minimum Gasteiger partial charge on any atom is -0.321 e. The Hall–Kier alpha value is -1.00. The highest BCUT2D eigenvalue weighted by Gasteiger charge is 2.59. The number of rotatable bonds is 0. The summed E-state index contributed by atoms with van der Waals surface area (Å²) in [6.45, 7) is 0. The summed E-state index contributed by atoms with van der Waals surface area (Å²) in [4.78, 5) is 23.9. The van der Waals surface area contributed by atoms with Crippen LogP contribution in [0, 0.1) is 17.8 Å². The Morgan fingerprint density at radius 1 is 0.905 bits per heavy atom. The number of hydrogen-bond donors (Lipinski definition) is 2. The molecule has 3 saturated carbocycles. The van der Waals surface area contributed by atoms with Crippen LogP contribution in [0.3, 0.4) is 0 Å². The number of nitrogens with two attached hydrogens (primary N) is 2. The topological polar surface area (TPSA) is 86.2 Å². The standard InChI is InChI=1S/C17H24N2O2/c18-16-7-5-11(20)9-10(16)1-2-12-13-3-4-15(21)17(13,19)8-6-14(12)16/h9,12-14H,1-8,18-19H2/t12?,13?,14?,16-,17?/m1/s1. The van der Waals surface area contributed by atoms with Crippen LogP contribution in [0.1, 0.15) is 51.4 Å². The molecule has 0 amide bonds. The van der Waals surface area contributed by atoms with Crippen LogP contribution in [0.4, 0.5) is 0 Å². The smallest absolute Gasteiger partial charge is 0.155 e. The Bertz CT molecular complexity index is 555. The lowest BCUT2D eigenvalue weighted by molar-refractivity contribution is -0.125. The van der Waals surface area contributed by atoms with Gasteiger partial charge in [0, 0.05) is 18.4 Å². The van der Waals surface area contributed by atoms with Crippen LogP contribution in [-0.4, -0.2) is 22.6 Å². The van der Waals surface area contributed by atoms with Gasteiger partial charge in [-0.25, -0.2) is 0 Å². The second kappa shape index (κ2) is 4.26. The first kappa shape index (κ1) is 13.6. The van der Waals surface area contributed by atoms with Crippen molar-refractivity contribution in [2.75, 3.05) is 0 Å². The van der Waals surface area contributed by atoms with Crippen LogP contribution in [0.5, 0.6) is 0 Å². The quantitative estimate of drug-likeness (QED) is 0.706. The Morgan fingerprint density at radius 3 is 2.48 bits per heavy atom. The number of carbonyl (C=O) groups is 2. The van der Waals surface area contributed by atoms with E-state index in [1.54, 1.807) is 0 Å². The Kier molecular flexibility index (Phi) is 2.77. The lowest BCUT2D eigenvalue weighted by Crippen LogP contribution is -2.64. The predicted octanol–water partition coefficient (Wildman–Crippen LogP) is 1.47. The van der Waals surface area contributed by atoms with Crippen LogP contribution in [0.2, 0.25) is 0 Å². The number of fused-ring (bicyclic) bond motifs is 5. The first-order chi connectivity index (χ1) is 9.95. The molecule has 0 bridgehead atoms. The van der Waals surface area contributed by atoms with E-state index < -0.39 is 5.54 Å². The molecule has 4 heteroatoms. The lowest BCUT2D eigenvalue weighted by atomic mass is 9.51. The van der Waals surface area contributed by atoms with E-state index >= 15 is 0 Å². The molecule has 0 spiro atoms. The number of carbonyl (C=O) groups excluding carboxylic acids is 2. The van der Waals surface area contributed by atoms with E-state index in [2.05, 4.69) is 0 Å². The van der Waals surface area contributed by atoms with Gasteiger partial charge >= 0.3 is 0 Å². The molecule has 4 rings (SSSR count). The van der Waals surface area contributed by atoms with Crippen LogP contribution >= 0.6 is 0 Å². The molecule has 0 heterocycles. The van der Waals surface area contributed by atoms with Gasteiger partial charge < -0.3 is 11.5 Å². The molecule has 0 aromatic carbocycles. The van der Waals surface area contributed by atoms with E-state index in [0.29, 0.717) is 30.6 Å². The molecule has 0 aromatic rings. The highest BCUT2D eigenvalue weighted by molar-refractivity contribution is 5.92. The first-order valence-electron chi connectivity index (χ1n) is 8.30. The second-order valence-corrected chi connectivity index (χ2v) is 7.63. The third-order valence-corrected chi connectivity index (χ3v) is 6.89. The molecule has 4 aliphatic rings. The molecule has 5 atom stereocenters. The Balaban J connectivity index is 1.70. The Morgan fingerprint density at radius 2 is 1.67 bits per heavy atom. The maximum atomic E-state index is 12.2. The SMILES string of the molecule is NC12CCC3C(CCC4=CC(=O)CC[C@@]43N)C1CCC2=O. The zero-order valence-electron chi connectivity index (χ0n) is 12.4. The molecule has 0 aliphatic heterocycles. The van der Waals surface area contributed by atoms with Crippen LogP contribution in [0.25, 0.3) is 0 Å². The fourth-order valence-corrected chi connectivity index (χ4v) is 5.78. The monoisotopic (exact) mass is 288 g/mol. The largest absolute Gasteiger partial charge is 0.321 e. The van der Waals surface area contributed by atoms with E-state index in [0.717, 1.165) is 44.1 Å². The third-order valence-electron chi connectivity index (χ3n) is 6.89. The maximum Gasteiger partial charge on any atom is 0.155 e. The highest BCUT2D eigenvalue weighted by Crippen LogP contribution is 2.57. The lowest BCUT2D eigenvalue weighted by Gasteiger charge is -2.56. The third kappa shape index (κ3) is 1.69. The summed E-state index contributed by atoms with van der Waals surface area (Å²) in [5.74, 6) is 1.66. The molecule has 4 unspecified atom stereocenters. The molecular formula is C17H24N2O2. The van der Waals surface area contributed by atoms with Crippen molar-refractivity contribution >= 4 is 11.6 Å². The Labute approximate surface area is 125 Å². The van der Waals surface area contributed by atoms with E-state index in [-0.39, 0.29) is 17.1 Å². The van der Waals surface area contributed by atoms with E-state index in [1.165, 1.54) is 0 Å². The molecule has 114 valence electrons. The van der Waals surface area contributed by atoms with Crippen molar-refractivity contribution < 1.29 is 9.59 Å². The molecule has 4 N–H and O–H groups in total. The fraction of sp³-hybridized carbons (Fsp3) is 0.765. The van der Waals surface area contributed by atoms with Gasteiger partial charge in [-0.05, 0) is 67.9 Å². The van der Waals surface area contributed by atoms with Crippen molar-refractivity contribution in [2.45, 2.75) is 62.4 Å². The zero-order valence-corrected chi connectivity index (χ0v) is 12.4. The average Bonchev–Trinajstić information content (AvgIpc) is 2.76. The second-order valence-electron chi connectivity index (χ2n) is 7.63. The van der Waals surface area contributed by atoms with E-state index in [9.17, 15) is 9.59 Å². The van der Waals surface area contributed by atoms with Crippen molar-refractivity contribution in [3.8, 4) is 0 Å². The summed E-state index contributed by atoms with van der Waals surface area (Å²) in [5.41, 5.74) is 13.5. The number of ketones is 2. The van der Waals surface area contributed by atoms with Crippen LogP contribution < -0.4 is 11.5 Å². The van der Waals surface area contributed by atoms with Gasteiger partial charge in [0.2, 0.25) is 0 Å². The highest BCUT2D eigenvalue weighted by atomic mass is 16.1. The minimum absolute atomic E-state index is 0.226. The molecule has 0 saturated heterocycles. The van der Waals surface area contributed by atoms with Crippen LogP contribution in [-0.2, 0) is 9.59 Å². The summed E-state index contributed by atoms with van der Waals surface area (Å²) in [6.07, 6.45) is 8.39. The van der Waals surface area contributed by atoms with Crippen LogP contribution in [0.15, 0.2) is 11.6 Å². The number of Topliss-reactive ketones (excluding diaryl/α,β-unsaturated/α-hetero) is 1. The summed E-state index contributed by atoms with van der Waals surface area (Å²) in [5, 5.41) is 0. The summed E-state index contributed by atoms with van der Waals surface area (Å²) in [6, 6.07) is 0. The molecule has 0 aromatic heterocycles. The van der Waals surface area contributed by atoms with Gasteiger partial charge in [-0.1, -0.05) is 0 Å². The van der Waals surface area contributed by atoms with Crippen molar-refractivity contribution in [3.63, 3.8) is 0 Å². The van der Waals surface area contributed by atoms with Gasteiger partial charge in [-0.2, -0.15) is 0 Å².